The van der Waals surface area contributed by atoms with E-state index in [0.717, 1.165) is 10.9 Å². The molecule has 1 heterocycles. The number of carbonyl (C=O) groups is 2. The lowest BCUT2D eigenvalue weighted by atomic mass is 9.89. The lowest BCUT2D eigenvalue weighted by molar-refractivity contribution is -0.148. The Morgan fingerprint density at radius 3 is 2.84 bits per heavy atom. The number of nitrogens with zero attached hydrogens (tertiary/aromatic N) is 1. The van der Waals surface area contributed by atoms with Gasteiger partial charge in [-0.05, 0) is 19.9 Å². The van der Waals surface area contributed by atoms with Crippen molar-refractivity contribution in [2.24, 2.45) is 5.41 Å². The van der Waals surface area contributed by atoms with E-state index >= 15 is 0 Å². The molecule has 2 aromatic rings. The second-order valence-electron chi connectivity index (χ2n) is 5.05. The molecule has 6 nitrogen and oxygen atoms in total. The van der Waals surface area contributed by atoms with Crippen LogP contribution in [0.2, 0.25) is 0 Å². The molecule has 100 valence electrons. The van der Waals surface area contributed by atoms with E-state index in [1.54, 1.807) is 18.3 Å². The fourth-order valence-corrected chi connectivity index (χ4v) is 1.74. The molecule has 0 unspecified atom stereocenters. The van der Waals surface area contributed by atoms with Gasteiger partial charge in [-0.1, -0.05) is 12.1 Å². The summed E-state index contributed by atoms with van der Waals surface area (Å²) in [6.07, 6.45) is 1.57. The molecule has 0 radical (unpaired) electrons. The Labute approximate surface area is 109 Å². The maximum absolute atomic E-state index is 11.9. The zero-order chi connectivity index (χ0) is 14.0. The summed E-state index contributed by atoms with van der Waals surface area (Å²) in [5.74, 6) is -1.34. The minimum Gasteiger partial charge on any atom is -0.481 e. The smallest absolute Gasteiger partial charge is 0.309 e. The molecular formula is C13H15N3O3. The fraction of sp³-hybridized carbons (Fsp3) is 0.308. The summed E-state index contributed by atoms with van der Waals surface area (Å²) in [5, 5.41) is 19.3. The van der Waals surface area contributed by atoms with Crippen molar-refractivity contribution >= 4 is 28.5 Å². The molecule has 0 aliphatic heterocycles. The van der Waals surface area contributed by atoms with Crippen LogP contribution in [0.25, 0.3) is 10.9 Å². The highest BCUT2D eigenvalue weighted by Gasteiger charge is 2.30. The van der Waals surface area contributed by atoms with Gasteiger partial charge in [0.1, 0.15) is 0 Å². The van der Waals surface area contributed by atoms with E-state index in [1.165, 1.54) is 13.8 Å². The Hall–Kier alpha value is -2.37. The first-order valence-electron chi connectivity index (χ1n) is 5.85. The number of hydrogen-bond acceptors (Lipinski definition) is 3. The summed E-state index contributed by atoms with van der Waals surface area (Å²) in [6, 6.07) is 5.41. The molecule has 0 spiro atoms. The molecule has 19 heavy (non-hydrogen) atoms. The average molecular weight is 261 g/mol. The Morgan fingerprint density at radius 2 is 2.16 bits per heavy atom. The molecule has 0 aliphatic rings. The van der Waals surface area contributed by atoms with Gasteiger partial charge in [-0.2, -0.15) is 5.10 Å². The Kier molecular flexibility index (Phi) is 3.25. The van der Waals surface area contributed by atoms with Crippen molar-refractivity contribution in [2.75, 3.05) is 5.32 Å². The fourth-order valence-electron chi connectivity index (χ4n) is 1.74. The Balaban J connectivity index is 2.15. The first-order valence-corrected chi connectivity index (χ1v) is 5.85. The standard InChI is InChI=1S/C13H15N3O3/c1-13(2,12(18)19)6-10(17)15-9-5-3-4-8-7-14-16-11(8)9/h3-5,7H,6H2,1-2H3,(H,14,16)(H,15,17)(H,18,19). The maximum Gasteiger partial charge on any atom is 0.309 e. The van der Waals surface area contributed by atoms with Crippen LogP contribution in [0.4, 0.5) is 5.69 Å². The number of rotatable bonds is 4. The van der Waals surface area contributed by atoms with Gasteiger partial charge in [-0.3, -0.25) is 14.7 Å². The normalized spacial score (nSPS) is 11.5. The number of carboxylic acids is 1. The molecule has 3 N–H and O–H groups in total. The number of aliphatic carboxylic acids is 1. The number of carboxylic acid groups (broad SMARTS) is 1. The highest BCUT2D eigenvalue weighted by Crippen LogP contribution is 2.24. The molecule has 2 rings (SSSR count). The summed E-state index contributed by atoms with van der Waals surface area (Å²) in [4.78, 5) is 22.9. The number of carbonyl (C=O) groups excluding carboxylic acids is 1. The molecule has 0 atom stereocenters. The molecule has 6 heteroatoms. The number of fused-ring (bicyclic) bond motifs is 1. The van der Waals surface area contributed by atoms with Crippen molar-refractivity contribution in [3.63, 3.8) is 0 Å². The quantitative estimate of drug-likeness (QED) is 0.784. The van der Waals surface area contributed by atoms with Gasteiger partial charge in [0, 0.05) is 11.8 Å². The summed E-state index contributed by atoms with van der Waals surface area (Å²) >= 11 is 0. The van der Waals surface area contributed by atoms with Gasteiger partial charge in [0.15, 0.2) is 0 Å². The van der Waals surface area contributed by atoms with Gasteiger partial charge in [0.05, 0.1) is 22.8 Å². The summed E-state index contributed by atoms with van der Waals surface area (Å²) < 4.78 is 0. The van der Waals surface area contributed by atoms with Crippen molar-refractivity contribution in [1.29, 1.82) is 0 Å². The van der Waals surface area contributed by atoms with Gasteiger partial charge < -0.3 is 10.4 Å². The zero-order valence-electron chi connectivity index (χ0n) is 10.7. The predicted molar refractivity (Wildman–Crippen MR) is 70.8 cm³/mol. The van der Waals surface area contributed by atoms with Crippen molar-refractivity contribution in [1.82, 2.24) is 10.2 Å². The molecule has 1 aromatic carbocycles. The first-order chi connectivity index (χ1) is 8.90. The minimum absolute atomic E-state index is 0.0904. The van der Waals surface area contributed by atoms with Crippen LogP contribution >= 0.6 is 0 Å². The molecular weight excluding hydrogens is 246 g/mol. The lowest BCUT2D eigenvalue weighted by Crippen LogP contribution is -2.29. The summed E-state index contributed by atoms with van der Waals surface area (Å²) in [7, 11) is 0. The van der Waals surface area contributed by atoms with Gasteiger partial charge >= 0.3 is 5.97 Å². The van der Waals surface area contributed by atoms with Crippen LogP contribution in [-0.2, 0) is 9.59 Å². The van der Waals surface area contributed by atoms with Crippen LogP contribution in [-0.4, -0.2) is 27.2 Å². The minimum atomic E-state index is -1.09. The highest BCUT2D eigenvalue weighted by molar-refractivity contribution is 6.01. The number of anilines is 1. The molecule has 0 saturated heterocycles. The van der Waals surface area contributed by atoms with Gasteiger partial charge in [-0.25, -0.2) is 0 Å². The largest absolute Gasteiger partial charge is 0.481 e. The molecule has 0 fully saturated rings. The number of hydrogen-bond donors (Lipinski definition) is 3. The van der Waals surface area contributed by atoms with Crippen molar-refractivity contribution in [3.8, 4) is 0 Å². The average Bonchev–Trinajstić information content (AvgIpc) is 2.77. The number of amides is 1. The molecule has 0 saturated carbocycles. The van der Waals surface area contributed by atoms with Crippen LogP contribution in [0.5, 0.6) is 0 Å². The molecule has 0 aliphatic carbocycles. The maximum atomic E-state index is 11.9. The van der Waals surface area contributed by atoms with Gasteiger partial charge in [-0.15, -0.1) is 0 Å². The van der Waals surface area contributed by atoms with E-state index in [4.69, 9.17) is 5.11 Å². The second-order valence-corrected chi connectivity index (χ2v) is 5.05. The summed E-state index contributed by atoms with van der Waals surface area (Å²) in [5.41, 5.74) is 0.233. The van der Waals surface area contributed by atoms with Crippen molar-refractivity contribution in [3.05, 3.63) is 24.4 Å². The zero-order valence-corrected chi connectivity index (χ0v) is 10.7. The van der Waals surface area contributed by atoms with Crippen LogP contribution in [0.3, 0.4) is 0 Å². The SMILES string of the molecule is CC(C)(CC(=O)Nc1cccc2cn[nH]c12)C(=O)O. The number of aromatic amines is 1. The van der Waals surface area contributed by atoms with Crippen LogP contribution in [0.1, 0.15) is 20.3 Å². The summed E-state index contributed by atoms with van der Waals surface area (Å²) in [6.45, 7) is 3.04. The molecule has 1 amide bonds. The topological polar surface area (TPSA) is 95.1 Å². The third-order valence-electron chi connectivity index (χ3n) is 2.93. The lowest BCUT2D eigenvalue weighted by Gasteiger charge is -2.18. The second kappa shape index (κ2) is 4.72. The van der Waals surface area contributed by atoms with E-state index in [2.05, 4.69) is 15.5 Å². The Bertz CT molecular complexity index is 631. The number of para-hydroxylation sites is 1. The van der Waals surface area contributed by atoms with E-state index in [-0.39, 0.29) is 12.3 Å². The molecule has 0 bridgehead atoms. The van der Waals surface area contributed by atoms with Crippen molar-refractivity contribution < 1.29 is 14.7 Å². The number of H-pyrrole nitrogens is 1. The first kappa shape index (κ1) is 13.1. The van der Waals surface area contributed by atoms with Crippen LogP contribution in [0, 0.1) is 5.41 Å². The monoisotopic (exact) mass is 261 g/mol. The Morgan fingerprint density at radius 1 is 1.42 bits per heavy atom. The van der Waals surface area contributed by atoms with Gasteiger partial charge in [0.2, 0.25) is 5.91 Å². The third-order valence-corrected chi connectivity index (χ3v) is 2.93. The number of nitrogens with one attached hydrogen (secondary N) is 2. The number of aromatic nitrogens is 2. The van der Waals surface area contributed by atoms with Crippen molar-refractivity contribution in [2.45, 2.75) is 20.3 Å². The van der Waals surface area contributed by atoms with Crippen LogP contribution < -0.4 is 5.32 Å². The van der Waals surface area contributed by atoms with E-state index in [0.29, 0.717) is 5.69 Å². The predicted octanol–water partition coefficient (Wildman–Crippen LogP) is 2.00. The van der Waals surface area contributed by atoms with Gasteiger partial charge in [0.25, 0.3) is 0 Å². The van der Waals surface area contributed by atoms with E-state index < -0.39 is 11.4 Å². The van der Waals surface area contributed by atoms with E-state index in [1.807, 2.05) is 6.07 Å². The number of benzene rings is 1. The van der Waals surface area contributed by atoms with Crippen LogP contribution in [0.15, 0.2) is 24.4 Å². The molecule has 1 aromatic heterocycles. The van der Waals surface area contributed by atoms with E-state index in [9.17, 15) is 9.59 Å². The highest BCUT2D eigenvalue weighted by atomic mass is 16.4. The third kappa shape index (κ3) is 2.73.